The third kappa shape index (κ3) is 3.08. The van der Waals surface area contributed by atoms with Crippen LogP contribution in [0.5, 0.6) is 0 Å². The van der Waals surface area contributed by atoms with Crippen LogP contribution in [0.4, 0.5) is 5.69 Å². The molecule has 0 fully saturated rings. The summed E-state index contributed by atoms with van der Waals surface area (Å²) >= 11 is 11.3. The Morgan fingerprint density at radius 1 is 1.32 bits per heavy atom. The van der Waals surface area contributed by atoms with Crippen molar-refractivity contribution in [2.45, 2.75) is 32.1 Å². The first kappa shape index (κ1) is 19.3. The van der Waals surface area contributed by atoms with Gasteiger partial charge in [-0.05, 0) is 65.5 Å². The van der Waals surface area contributed by atoms with Crippen LogP contribution >= 0.6 is 38.9 Å². The van der Waals surface area contributed by atoms with Crippen molar-refractivity contribution in [1.29, 1.82) is 5.26 Å². The van der Waals surface area contributed by atoms with Gasteiger partial charge in [0, 0.05) is 27.6 Å². The Balaban J connectivity index is 2.00. The maximum atomic E-state index is 13.0. The van der Waals surface area contributed by atoms with E-state index in [4.69, 9.17) is 17.3 Å². The van der Waals surface area contributed by atoms with Gasteiger partial charge in [-0.25, -0.2) is 0 Å². The summed E-state index contributed by atoms with van der Waals surface area (Å²) in [5, 5.41) is 10.6. The molecule has 0 unspecified atom stereocenters. The third-order valence-corrected chi connectivity index (χ3v) is 7.13. The highest BCUT2D eigenvalue weighted by Gasteiger charge is 2.41. The quantitative estimate of drug-likeness (QED) is 0.599. The molecule has 2 N–H and O–H groups in total. The molecule has 2 aromatic rings. The number of nitrogens with zero attached hydrogens (tertiary/aromatic N) is 2. The number of carbonyl (C=O) groups excluding carboxylic acids is 1. The van der Waals surface area contributed by atoms with Gasteiger partial charge in [-0.3, -0.25) is 9.69 Å². The van der Waals surface area contributed by atoms with Gasteiger partial charge in [0.2, 0.25) is 0 Å². The molecule has 28 heavy (non-hydrogen) atoms. The minimum Gasteiger partial charge on any atom is -0.384 e. The van der Waals surface area contributed by atoms with Crippen LogP contribution in [-0.2, 0) is 4.79 Å². The van der Waals surface area contributed by atoms with Crippen molar-refractivity contribution in [2.75, 3.05) is 4.90 Å². The van der Waals surface area contributed by atoms with E-state index in [1.165, 1.54) is 11.3 Å². The number of ketones is 1. The first-order chi connectivity index (χ1) is 13.4. The molecule has 7 heteroatoms. The summed E-state index contributed by atoms with van der Waals surface area (Å²) in [6.07, 6.45) is 1.99. The van der Waals surface area contributed by atoms with Crippen molar-refractivity contribution in [3.63, 3.8) is 0 Å². The second-order valence-electron chi connectivity index (χ2n) is 6.89. The second kappa shape index (κ2) is 7.40. The maximum Gasteiger partial charge on any atom is 0.161 e. The van der Waals surface area contributed by atoms with Crippen LogP contribution in [0.25, 0.3) is 0 Å². The summed E-state index contributed by atoms with van der Waals surface area (Å²) in [4.78, 5) is 15.8. The van der Waals surface area contributed by atoms with Crippen molar-refractivity contribution in [2.24, 2.45) is 5.73 Å². The summed E-state index contributed by atoms with van der Waals surface area (Å²) in [6, 6.07) is 11.8. The molecule has 4 rings (SSSR count). The number of hydrogen-bond donors (Lipinski definition) is 1. The van der Waals surface area contributed by atoms with Crippen LogP contribution in [0.15, 0.2) is 56.8 Å². The second-order valence-corrected chi connectivity index (χ2v) is 9.82. The van der Waals surface area contributed by atoms with Crippen LogP contribution in [0.2, 0.25) is 5.02 Å². The zero-order valence-corrected chi connectivity index (χ0v) is 18.3. The Morgan fingerprint density at radius 3 is 2.79 bits per heavy atom. The number of allylic oxidation sites excluding steroid dienone is 3. The van der Waals surface area contributed by atoms with E-state index in [1.54, 1.807) is 0 Å². The largest absolute Gasteiger partial charge is 0.384 e. The molecule has 1 aromatic heterocycles. The number of benzene rings is 1. The molecule has 4 nitrogen and oxygen atoms in total. The molecular formula is C21H17BrClN3OS. The molecule has 1 aromatic carbocycles. The lowest BCUT2D eigenvalue weighted by Gasteiger charge is -2.39. The lowest BCUT2D eigenvalue weighted by Crippen LogP contribution is -2.38. The number of aryl methyl sites for hydroxylation is 1. The highest BCUT2D eigenvalue weighted by Crippen LogP contribution is 2.48. The fourth-order valence-corrected chi connectivity index (χ4v) is 5.66. The third-order valence-electron chi connectivity index (χ3n) is 5.20. The molecule has 0 spiro atoms. The maximum absolute atomic E-state index is 13.0. The summed E-state index contributed by atoms with van der Waals surface area (Å²) in [7, 11) is 0. The number of rotatable bonds is 2. The molecule has 0 saturated carbocycles. The van der Waals surface area contributed by atoms with Crippen molar-refractivity contribution in [1.82, 2.24) is 0 Å². The lowest BCUT2D eigenvalue weighted by molar-refractivity contribution is -0.116. The Labute approximate surface area is 181 Å². The number of nitriles is 1. The summed E-state index contributed by atoms with van der Waals surface area (Å²) in [5.41, 5.74) is 10.3. The summed E-state index contributed by atoms with van der Waals surface area (Å²) in [6.45, 7) is 1.97. The molecular weight excluding hydrogens is 458 g/mol. The van der Waals surface area contributed by atoms with E-state index >= 15 is 0 Å². The number of thiophene rings is 1. The smallest absolute Gasteiger partial charge is 0.161 e. The molecule has 2 aliphatic rings. The number of carbonyl (C=O) groups is 1. The molecule has 0 bridgehead atoms. The van der Waals surface area contributed by atoms with Gasteiger partial charge in [0.25, 0.3) is 0 Å². The van der Waals surface area contributed by atoms with Gasteiger partial charge in [0.05, 0.1) is 27.0 Å². The van der Waals surface area contributed by atoms with Gasteiger partial charge < -0.3 is 5.73 Å². The van der Waals surface area contributed by atoms with Gasteiger partial charge >= 0.3 is 0 Å². The first-order valence-electron chi connectivity index (χ1n) is 8.90. The first-order valence-corrected chi connectivity index (χ1v) is 10.9. The number of hydrogen-bond acceptors (Lipinski definition) is 5. The van der Waals surface area contributed by atoms with E-state index in [0.29, 0.717) is 28.4 Å². The monoisotopic (exact) mass is 473 g/mol. The molecule has 2 heterocycles. The fraction of sp³-hybridized carbons (Fsp3) is 0.238. The molecule has 1 aliphatic carbocycles. The van der Waals surface area contributed by atoms with E-state index in [0.717, 1.165) is 38.5 Å². The summed E-state index contributed by atoms with van der Waals surface area (Å²) < 4.78 is 0.955. The highest BCUT2D eigenvalue weighted by atomic mass is 79.9. The van der Waals surface area contributed by atoms with Crippen molar-refractivity contribution >= 4 is 50.3 Å². The predicted octanol–water partition coefficient (Wildman–Crippen LogP) is 5.78. The zero-order valence-electron chi connectivity index (χ0n) is 15.1. The van der Waals surface area contributed by atoms with Crippen molar-refractivity contribution in [3.05, 3.63) is 72.2 Å². The van der Waals surface area contributed by atoms with Crippen LogP contribution in [0.1, 0.15) is 35.6 Å². The van der Waals surface area contributed by atoms with Crippen molar-refractivity contribution < 1.29 is 4.79 Å². The number of Topliss-reactive ketones (excluding diaryl/α,β-unsaturated/α-hetero) is 1. The van der Waals surface area contributed by atoms with Gasteiger partial charge in [0.1, 0.15) is 5.82 Å². The minimum atomic E-state index is -0.417. The van der Waals surface area contributed by atoms with Gasteiger partial charge in [-0.1, -0.05) is 17.7 Å². The molecule has 0 radical (unpaired) electrons. The molecule has 0 amide bonds. The highest BCUT2D eigenvalue weighted by molar-refractivity contribution is 9.11. The van der Waals surface area contributed by atoms with E-state index in [1.807, 2.05) is 42.2 Å². The number of halogens is 2. The standard InChI is InChI=1S/C21H17BrClN3OS/c1-11-5-6-12(23)9-15(11)26-14-3-2-4-16(27)20(14)19(13(10-24)21(26)25)17-7-8-18(22)28-17/h5-9,19H,2-4,25H2,1H3/t19-/m1/s1. The number of nitrogens with two attached hydrogens (primary N) is 1. The topological polar surface area (TPSA) is 70.1 Å². The molecule has 142 valence electrons. The van der Waals surface area contributed by atoms with Crippen molar-refractivity contribution in [3.8, 4) is 6.07 Å². The predicted molar refractivity (Wildman–Crippen MR) is 116 cm³/mol. The van der Waals surface area contributed by atoms with Crippen LogP contribution in [0, 0.1) is 18.3 Å². The number of anilines is 1. The Morgan fingerprint density at radius 2 is 2.11 bits per heavy atom. The summed E-state index contributed by atoms with van der Waals surface area (Å²) in [5.74, 6) is 0.0383. The van der Waals surface area contributed by atoms with E-state index in [2.05, 4.69) is 22.0 Å². The average Bonchev–Trinajstić information content (AvgIpc) is 3.09. The minimum absolute atomic E-state index is 0.0840. The molecule has 0 saturated heterocycles. The van der Waals surface area contributed by atoms with Crippen LogP contribution in [-0.4, -0.2) is 5.78 Å². The molecule has 1 atom stereocenters. The Hall–Kier alpha value is -2.07. The van der Waals surface area contributed by atoms with E-state index in [-0.39, 0.29) is 5.78 Å². The Bertz CT molecular complexity index is 1100. The zero-order chi connectivity index (χ0) is 20.0. The van der Waals surface area contributed by atoms with E-state index in [9.17, 15) is 10.1 Å². The van der Waals surface area contributed by atoms with Gasteiger partial charge in [-0.2, -0.15) is 5.26 Å². The van der Waals surface area contributed by atoms with Gasteiger partial charge in [0.15, 0.2) is 5.78 Å². The average molecular weight is 475 g/mol. The van der Waals surface area contributed by atoms with Crippen LogP contribution < -0.4 is 10.6 Å². The van der Waals surface area contributed by atoms with Gasteiger partial charge in [-0.15, -0.1) is 11.3 Å². The normalized spacial score (nSPS) is 19.7. The molecule has 1 aliphatic heterocycles. The SMILES string of the molecule is Cc1ccc(Cl)cc1N1C(N)=C(C#N)[C@H](c2ccc(Br)s2)C2=C1CCCC2=O. The lowest BCUT2D eigenvalue weighted by atomic mass is 9.78. The van der Waals surface area contributed by atoms with E-state index < -0.39 is 5.92 Å². The fourth-order valence-electron chi connectivity index (χ4n) is 3.95. The Kier molecular flexibility index (Phi) is 5.09. The van der Waals surface area contributed by atoms with Crippen LogP contribution in [0.3, 0.4) is 0 Å².